The number of rotatable bonds is 4. The fourth-order valence-corrected chi connectivity index (χ4v) is 3.83. The molecule has 1 aliphatic rings. The van der Waals surface area contributed by atoms with E-state index in [1.54, 1.807) is 0 Å². The quantitative estimate of drug-likeness (QED) is 0.652. The number of ether oxygens (including phenoxy) is 1. The molecule has 0 spiro atoms. The van der Waals surface area contributed by atoms with Gasteiger partial charge in [0.1, 0.15) is 5.54 Å². The third kappa shape index (κ3) is 3.86. The molecule has 0 radical (unpaired) electrons. The minimum Gasteiger partial charge on any atom is -0.467 e. The zero-order valence-electron chi connectivity index (χ0n) is 12.8. The molecule has 3 nitrogen and oxygen atoms in total. The molecule has 1 saturated carbocycles. The van der Waals surface area contributed by atoms with Gasteiger partial charge in [-0.1, -0.05) is 59.8 Å². The number of hydrogen-bond donors (Lipinski definition) is 1. The minimum absolute atomic E-state index is 0.237. The summed E-state index contributed by atoms with van der Waals surface area (Å²) >= 11 is 3.56. The molecule has 1 atom stereocenters. The molecule has 0 saturated heterocycles. The standard InChI is InChI=1S/C17H24BrNO2/c1-17(16(20)21-2,14-11-7-8-12-15(14)18)19-13-9-5-3-4-6-10-13/h7-8,11-13,19H,3-6,9-10H2,1-2H3. The first-order valence-electron chi connectivity index (χ1n) is 7.69. The number of carbonyl (C=O) groups excluding carboxylic acids is 1. The number of methoxy groups -OCH3 is 1. The summed E-state index contributed by atoms with van der Waals surface area (Å²) in [6.07, 6.45) is 7.29. The summed E-state index contributed by atoms with van der Waals surface area (Å²) in [4.78, 5) is 12.4. The Morgan fingerprint density at radius 3 is 2.43 bits per heavy atom. The average molecular weight is 354 g/mol. The number of carbonyl (C=O) groups is 1. The third-order valence-corrected chi connectivity index (χ3v) is 5.05. The van der Waals surface area contributed by atoms with Gasteiger partial charge in [0.15, 0.2) is 0 Å². The predicted molar refractivity (Wildman–Crippen MR) is 88.1 cm³/mol. The highest BCUT2D eigenvalue weighted by Gasteiger charge is 2.39. The Morgan fingerprint density at radius 1 is 1.24 bits per heavy atom. The van der Waals surface area contributed by atoms with Crippen LogP contribution in [0.1, 0.15) is 51.0 Å². The van der Waals surface area contributed by atoms with E-state index in [-0.39, 0.29) is 5.97 Å². The number of nitrogens with one attached hydrogen (secondary N) is 1. The topological polar surface area (TPSA) is 38.3 Å². The van der Waals surface area contributed by atoms with Gasteiger partial charge in [-0.3, -0.25) is 5.32 Å². The maximum Gasteiger partial charge on any atom is 0.330 e. The van der Waals surface area contributed by atoms with Crippen LogP contribution in [0.25, 0.3) is 0 Å². The van der Waals surface area contributed by atoms with Crippen molar-refractivity contribution in [2.75, 3.05) is 7.11 Å². The molecule has 1 fully saturated rings. The Morgan fingerprint density at radius 2 is 1.86 bits per heavy atom. The Balaban J connectivity index is 2.28. The van der Waals surface area contributed by atoms with E-state index in [9.17, 15) is 4.79 Å². The molecule has 1 unspecified atom stereocenters. The first-order chi connectivity index (χ1) is 10.1. The first kappa shape index (κ1) is 16.5. The first-order valence-corrected chi connectivity index (χ1v) is 8.48. The summed E-state index contributed by atoms with van der Waals surface area (Å²) in [6, 6.07) is 8.21. The fourth-order valence-electron chi connectivity index (χ4n) is 3.15. The lowest BCUT2D eigenvalue weighted by atomic mass is 9.90. The van der Waals surface area contributed by atoms with Crippen LogP contribution in [0.3, 0.4) is 0 Å². The molecule has 2 rings (SSSR count). The van der Waals surface area contributed by atoms with Crippen LogP contribution in [0.15, 0.2) is 28.7 Å². The number of esters is 1. The van der Waals surface area contributed by atoms with Crippen LogP contribution in [-0.4, -0.2) is 19.1 Å². The summed E-state index contributed by atoms with van der Waals surface area (Å²) in [5.41, 5.74) is 0.116. The maximum absolute atomic E-state index is 12.4. The van der Waals surface area contributed by atoms with Gasteiger partial charge in [-0.25, -0.2) is 4.79 Å². The molecule has 1 aromatic carbocycles. The second-order valence-corrected chi connectivity index (χ2v) is 6.78. The van der Waals surface area contributed by atoms with Gasteiger partial charge < -0.3 is 4.74 Å². The molecular weight excluding hydrogens is 330 g/mol. The van der Waals surface area contributed by atoms with Crippen molar-refractivity contribution in [3.8, 4) is 0 Å². The molecule has 0 heterocycles. The Kier molecular flexibility index (Phi) is 5.82. The van der Waals surface area contributed by atoms with Crippen molar-refractivity contribution in [1.82, 2.24) is 5.32 Å². The highest BCUT2D eigenvalue weighted by Crippen LogP contribution is 2.31. The molecular formula is C17H24BrNO2. The Labute approximate surface area is 135 Å². The summed E-state index contributed by atoms with van der Waals surface area (Å²) in [5.74, 6) is -0.237. The molecule has 1 aromatic rings. The summed E-state index contributed by atoms with van der Waals surface area (Å²) in [5, 5.41) is 3.58. The smallest absolute Gasteiger partial charge is 0.330 e. The largest absolute Gasteiger partial charge is 0.467 e. The molecule has 0 bridgehead atoms. The lowest BCUT2D eigenvalue weighted by molar-refractivity contribution is -0.148. The van der Waals surface area contributed by atoms with Gasteiger partial charge in [-0.05, 0) is 31.4 Å². The van der Waals surface area contributed by atoms with Gasteiger partial charge in [-0.15, -0.1) is 0 Å². The zero-order chi connectivity index (χ0) is 15.3. The van der Waals surface area contributed by atoms with E-state index in [2.05, 4.69) is 21.2 Å². The SMILES string of the molecule is COC(=O)C(C)(NC1CCCCCC1)c1ccccc1Br. The summed E-state index contributed by atoms with van der Waals surface area (Å²) < 4.78 is 6.00. The molecule has 0 aliphatic heterocycles. The lowest BCUT2D eigenvalue weighted by Gasteiger charge is -2.33. The zero-order valence-corrected chi connectivity index (χ0v) is 14.4. The van der Waals surface area contributed by atoms with E-state index in [4.69, 9.17) is 4.74 Å². The Bertz CT molecular complexity index is 483. The van der Waals surface area contributed by atoms with Crippen LogP contribution in [0.4, 0.5) is 0 Å². The van der Waals surface area contributed by atoms with Crippen molar-refractivity contribution < 1.29 is 9.53 Å². The van der Waals surface area contributed by atoms with Crippen molar-refractivity contribution in [2.24, 2.45) is 0 Å². The van der Waals surface area contributed by atoms with Gasteiger partial charge in [0, 0.05) is 10.5 Å². The number of benzene rings is 1. The van der Waals surface area contributed by atoms with Gasteiger partial charge in [-0.2, -0.15) is 0 Å². The Hall–Kier alpha value is -0.870. The van der Waals surface area contributed by atoms with E-state index < -0.39 is 5.54 Å². The molecule has 1 N–H and O–H groups in total. The predicted octanol–water partition coefficient (Wildman–Crippen LogP) is 4.15. The van der Waals surface area contributed by atoms with Crippen molar-refractivity contribution in [3.05, 3.63) is 34.3 Å². The molecule has 116 valence electrons. The molecule has 1 aliphatic carbocycles. The van der Waals surface area contributed by atoms with E-state index in [1.807, 2.05) is 31.2 Å². The average Bonchev–Trinajstić information content (AvgIpc) is 2.75. The third-order valence-electron chi connectivity index (χ3n) is 4.35. The van der Waals surface area contributed by atoms with Gasteiger partial charge in [0.2, 0.25) is 0 Å². The summed E-state index contributed by atoms with van der Waals surface area (Å²) in [6.45, 7) is 1.92. The van der Waals surface area contributed by atoms with E-state index in [1.165, 1.54) is 32.8 Å². The summed E-state index contributed by atoms with van der Waals surface area (Å²) in [7, 11) is 1.45. The minimum atomic E-state index is -0.816. The molecule has 0 amide bonds. The van der Waals surface area contributed by atoms with E-state index in [0.29, 0.717) is 6.04 Å². The van der Waals surface area contributed by atoms with Crippen LogP contribution in [0, 0.1) is 0 Å². The normalized spacial score (nSPS) is 19.6. The lowest BCUT2D eigenvalue weighted by Crippen LogP contribution is -2.52. The van der Waals surface area contributed by atoms with Crippen LogP contribution in [0.5, 0.6) is 0 Å². The van der Waals surface area contributed by atoms with Gasteiger partial charge in [0.25, 0.3) is 0 Å². The van der Waals surface area contributed by atoms with Crippen molar-refractivity contribution in [2.45, 2.75) is 57.0 Å². The van der Waals surface area contributed by atoms with Gasteiger partial charge in [0.05, 0.1) is 7.11 Å². The maximum atomic E-state index is 12.4. The van der Waals surface area contributed by atoms with Crippen LogP contribution in [0.2, 0.25) is 0 Å². The fraction of sp³-hybridized carbons (Fsp3) is 0.588. The number of halogens is 1. The van der Waals surface area contributed by atoms with Crippen molar-refractivity contribution >= 4 is 21.9 Å². The second kappa shape index (κ2) is 7.41. The van der Waals surface area contributed by atoms with E-state index >= 15 is 0 Å². The van der Waals surface area contributed by atoms with Crippen molar-refractivity contribution in [1.29, 1.82) is 0 Å². The highest BCUT2D eigenvalue weighted by molar-refractivity contribution is 9.10. The highest BCUT2D eigenvalue weighted by atomic mass is 79.9. The van der Waals surface area contributed by atoms with Crippen LogP contribution >= 0.6 is 15.9 Å². The second-order valence-electron chi connectivity index (χ2n) is 5.93. The van der Waals surface area contributed by atoms with Crippen LogP contribution in [-0.2, 0) is 15.1 Å². The van der Waals surface area contributed by atoms with E-state index in [0.717, 1.165) is 22.9 Å². The molecule has 4 heteroatoms. The van der Waals surface area contributed by atoms with Crippen LogP contribution < -0.4 is 5.32 Å². The van der Waals surface area contributed by atoms with Crippen molar-refractivity contribution in [3.63, 3.8) is 0 Å². The molecule has 21 heavy (non-hydrogen) atoms. The molecule has 0 aromatic heterocycles. The number of hydrogen-bond acceptors (Lipinski definition) is 3. The monoisotopic (exact) mass is 353 g/mol. The van der Waals surface area contributed by atoms with Gasteiger partial charge >= 0.3 is 5.97 Å².